The van der Waals surface area contributed by atoms with Gasteiger partial charge in [0.1, 0.15) is 12.5 Å². The molecule has 76 heavy (non-hydrogen) atoms. The third-order valence-corrected chi connectivity index (χ3v) is 9.00. The summed E-state index contributed by atoms with van der Waals surface area (Å²) in [5.41, 5.74) is 0. The summed E-state index contributed by atoms with van der Waals surface area (Å²) in [6.07, 6.45) is 11.4. The molecule has 0 aromatic rings. The van der Waals surface area contributed by atoms with Crippen LogP contribution in [0.5, 0.6) is 0 Å². The van der Waals surface area contributed by atoms with E-state index in [0.717, 1.165) is 99.0 Å². The average Bonchev–Trinajstić information content (AvgIpc) is 4.18. The van der Waals surface area contributed by atoms with Crippen LogP contribution in [0.3, 0.4) is 0 Å². The fourth-order valence-electron chi connectivity index (χ4n) is 5.20. The predicted octanol–water partition coefficient (Wildman–Crippen LogP) is 16.9. The monoisotopic (exact) mass is 1150 g/mol. The number of rotatable bonds is 0. The normalized spacial score (nSPS) is 25.6. The van der Waals surface area contributed by atoms with Crippen molar-refractivity contribution in [3.8, 4) is 0 Å². The first-order chi connectivity index (χ1) is 34.8. The van der Waals surface area contributed by atoms with Crippen LogP contribution in [0.2, 0.25) is 0 Å². The van der Waals surface area contributed by atoms with Crippen LogP contribution in [0.1, 0.15) is 77.0 Å². The van der Waals surface area contributed by atoms with E-state index in [1.807, 2.05) is 0 Å². The van der Waals surface area contributed by atoms with Crippen molar-refractivity contribution in [2.24, 2.45) is 0 Å². The van der Waals surface area contributed by atoms with Crippen LogP contribution >= 0.6 is 0 Å². The lowest BCUT2D eigenvalue weighted by Gasteiger charge is -2.14. The fraction of sp³-hybridized carbons (Fsp3) is 0.574. The lowest BCUT2D eigenvalue weighted by molar-refractivity contribution is -0.329. The molecule has 0 fully saturated rings. The van der Waals surface area contributed by atoms with Crippen molar-refractivity contribution in [3.63, 3.8) is 0 Å². The molecule has 0 saturated carbocycles. The van der Waals surface area contributed by atoms with Gasteiger partial charge in [-0.25, -0.2) is 57.4 Å². The molecule has 0 unspecified atom stereocenters. The third kappa shape index (κ3) is 36.6. The van der Waals surface area contributed by atoms with Crippen molar-refractivity contribution in [1.82, 2.24) is 0 Å². The van der Waals surface area contributed by atoms with Crippen molar-refractivity contribution in [1.29, 1.82) is 0 Å². The van der Waals surface area contributed by atoms with Crippen LogP contribution in [-0.4, -0.2) is 92.3 Å². The summed E-state index contributed by atoms with van der Waals surface area (Å²) >= 11 is 0. The molecule has 6 aliphatic heterocycles. The minimum atomic E-state index is -3.80. The Hall–Kier alpha value is -5.38. The third-order valence-electron chi connectivity index (χ3n) is 9.00. The van der Waals surface area contributed by atoms with E-state index in [-0.39, 0.29) is 63.9 Å². The first kappa shape index (κ1) is 68.6. The molecule has 0 N–H and O–H groups in total. The first-order valence-electron chi connectivity index (χ1n) is 22.2. The van der Waals surface area contributed by atoms with Gasteiger partial charge in [0.25, 0.3) is 35.5 Å². The largest absolute Gasteiger partial charge is 0.585 e. The second kappa shape index (κ2) is 30.5. The van der Waals surface area contributed by atoms with E-state index in [1.165, 1.54) is 12.2 Å². The minimum Gasteiger partial charge on any atom is -0.501 e. The predicted molar refractivity (Wildman–Crippen MR) is 228 cm³/mol. The van der Waals surface area contributed by atoms with Crippen molar-refractivity contribution in [2.45, 2.75) is 143 Å². The molecule has 10 aliphatic rings. The summed E-state index contributed by atoms with van der Waals surface area (Å²) in [5, 5.41) is 0. The molecular formula is C47H52F22O7. The van der Waals surface area contributed by atoms with Gasteiger partial charge in [-0.2, -0.15) is 35.1 Å². The second-order valence-corrected chi connectivity index (χ2v) is 16.2. The number of halogens is 22. The van der Waals surface area contributed by atoms with Crippen molar-refractivity contribution >= 4 is 0 Å². The van der Waals surface area contributed by atoms with Gasteiger partial charge in [-0.3, -0.25) is 0 Å². The molecule has 0 atom stereocenters. The quantitative estimate of drug-likeness (QED) is 0.177. The summed E-state index contributed by atoms with van der Waals surface area (Å²) in [4.78, 5) is 0. The van der Waals surface area contributed by atoms with Gasteiger partial charge in [-0.15, -0.1) is 8.78 Å². The van der Waals surface area contributed by atoms with E-state index in [0.29, 0.717) is 25.7 Å². The van der Waals surface area contributed by atoms with Crippen molar-refractivity contribution in [2.75, 3.05) is 26.4 Å². The molecule has 0 saturated heterocycles. The van der Waals surface area contributed by atoms with Crippen LogP contribution in [0.4, 0.5) is 96.6 Å². The highest BCUT2D eigenvalue weighted by Gasteiger charge is 2.47. The Morgan fingerprint density at radius 1 is 0.263 bits per heavy atom. The van der Waals surface area contributed by atoms with Gasteiger partial charge < -0.3 is 28.4 Å². The lowest BCUT2D eigenvalue weighted by Crippen LogP contribution is -2.22. The van der Waals surface area contributed by atoms with Crippen LogP contribution in [0.25, 0.3) is 0 Å². The number of allylic oxidation sites excluding steroid dienone is 10. The Labute approximate surface area is 421 Å². The molecule has 0 bridgehead atoms. The van der Waals surface area contributed by atoms with Crippen molar-refractivity contribution < 1.29 is 130 Å². The van der Waals surface area contributed by atoms with Crippen LogP contribution in [-0.2, 0) is 33.2 Å². The Kier molecular flexibility index (Phi) is 27.6. The van der Waals surface area contributed by atoms with Crippen LogP contribution < -0.4 is 0 Å². The van der Waals surface area contributed by atoms with Gasteiger partial charge in [0.2, 0.25) is 0 Å². The molecule has 6 heterocycles. The topological polar surface area (TPSA) is 64.6 Å². The molecule has 0 amide bonds. The van der Waals surface area contributed by atoms with Crippen molar-refractivity contribution in [3.05, 3.63) is 123 Å². The van der Waals surface area contributed by atoms with Gasteiger partial charge in [-0.05, 0) is 62.8 Å². The van der Waals surface area contributed by atoms with E-state index in [2.05, 4.69) is 33.2 Å². The molecule has 436 valence electrons. The zero-order valence-electron chi connectivity index (χ0n) is 39.5. The Morgan fingerprint density at radius 3 is 0.658 bits per heavy atom. The van der Waals surface area contributed by atoms with E-state index >= 15 is 0 Å². The van der Waals surface area contributed by atoms with Gasteiger partial charge >= 0.3 is 30.4 Å². The summed E-state index contributed by atoms with van der Waals surface area (Å²) in [6.45, 7) is -0.729. The van der Waals surface area contributed by atoms with Gasteiger partial charge in [0, 0.05) is 75.0 Å². The zero-order chi connectivity index (χ0) is 57.9. The molecule has 7 nitrogen and oxygen atoms in total. The maximum atomic E-state index is 12.1. The van der Waals surface area contributed by atoms with Crippen LogP contribution in [0.15, 0.2) is 123 Å². The Morgan fingerprint density at radius 2 is 0.553 bits per heavy atom. The molecule has 10 rings (SSSR count). The zero-order valence-corrected chi connectivity index (χ0v) is 39.5. The molecule has 0 aromatic heterocycles. The number of ether oxygens (including phenoxy) is 7. The highest BCUT2D eigenvalue weighted by molar-refractivity contribution is 5.04. The molecule has 0 spiro atoms. The standard InChI is InChI=1S/2C6H8F2.2C5H6F2O.2C5H6F2.C4H2F4O.2C4H4F2O.C3H2F2O2/c2*7-6(8)4-2-1-3-5-6;2*6-5(7)1-3-8-4-2-5;2*6-5(7)3-1-2-4-5;5-3(6)1-2-4(7,8)9-3;2*5-4(6)1-2-7-3-4;4-3(5)6-1-2-7-3/h2*2,4H,1,3,5H2;2*1,3H,2,4H2;2*1,3H,2,4H2;1-2H;2*1-2H,3H2;1-2H. The summed E-state index contributed by atoms with van der Waals surface area (Å²) in [6, 6.07) is 0. The molecule has 0 radical (unpaired) electrons. The van der Waals surface area contributed by atoms with E-state index in [9.17, 15) is 96.6 Å². The second-order valence-electron chi connectivity index (χ2n) is 16.2. The summed E-state index contributed by atoms with van der Waals surface area (Å²) in [5.74, 6) is -20.6. The number of hydrogen-bond acceptors (Lipinski definition) is 7. The highest BCUT2D eigenvalue weighted by atomic mass is 19.3. The van der Waals surface area contributed by atoms with Gasteiger partial charge in [0.15, 0.2) is 13.2 Å². The number of hydrogen-bond donors (Lipinski definition) is 0. The van der Waals surface area contributed by atoms with E-state index in [1.54, 1.807) is 12.2 Å². The first-order valence-corrected chi connectivity index (χ1v) is 22.2. The lowest BCUT2D eigenvalue weighted by atomic mass is 10.1. The smallest absolute Gasteiger partial charge is 0.501 e. The van der Waals surface area contributed by atoms with Gasteiger partial charge in [-0.1, -0.05) is 24.3 Å². The van der Waals surface area contributed by atoms with Gasteiger partial charge in [0.05, 0.1) is 38.3 Å². The molecule has 4 aliphatic carbocycles. The van der Waals surface area contributed by atoms with Crippen LogP contribution in [0, 0.1) is 0 Å². The number of alkyl halides is 22. The SMILES string of the molecule is FC1(F)C=CC(F)(F)O1.FC1(F)C=CCC1.FC1(F)C=CCC1.FC1(F)C=CCCC1.FC1(F)C=CCCC1.FC1(F)C=COC1.FC1(F)C=COC1.FC1(F)C=COCC1.FC1(F)C=COCC1.FC1(F)OC=CO1. The molecule has 29 heteroatoms. The maximum absolute atomic E-state index is 12.1. The molecular weight excluding hydrogens is 1090 g/mol. The summed E-state index contributed by atoms with van der Waals surface area (Å²) in [7, 11) is 0. The fourth-order valence-corrected chi connectivity index (χ4v) is 5.20. The van der Waals surface area contributed by atoms with E-state index in [4.69, 9.17) is 0 Å². The Bertz CT molecular complexity index is 1750. The van der Waals surface area contributed by atoms with E-state index < -0.39 is 79.1 Å². The highest BCUT2D eigenvalue weighted by Crippen LogP contribution is 2.36. The summed E-state index contributed by atoms with van der Waals surface area (Å²) < 4.78 is 288. The maximum Gasteiger partial charge on any atom is 0.585 e. The minimum absolute atomic E-state index is 0.00694. The molecule has 0 aromatic carbocycles. The average molecular weight is 1150 g/mol. The Balaban J connectivity index is 0.000000423.